The molecule has 0 bridgehead atoms. The van der Waals surface area contributed by atoms with E-state index in [4.69, 9.17) is 9.15 Å². The fourth-order valence-electron chi connectivity index (χ4n) is 3.89. The molecule has 0 aliphatic carbocycles. The number of carbonyl (C=O) groups is 1. The number of ether oxygens (including phenoxy) is 1. The predicted octanol–water partition coefficient (Wildman–Crippen LogP) is 5.17. The molecule has 2 atom stereocenters. The Kier molecular flexibility index (Phi) is 5.57. The van der Waals surface area contributed by atoms with E-state index in [1.54, 1.807) is 0 Å². The maximum absolute atomic E-state index is 12.2. The van der Waals surface area contributed by atoms with E-state index in [1.807, 2.05) is 56.3 Å². The highest BCUT2D eigenvalue weighted by molar-refractivity contribution is 6.07. The zero-order valence-corrected chi connectivity index (χ0v) is 17.8. The van der Waals surface area contributed by atoms with E-state index in [0.29, 0.717) is 11.5 Å². The molecule has 3 aromatic rings. The van der Waals surface area contributed by atoms with E-state index < -0.39 is 0 Å². The van der Waals surface area contributed by atoms with Crippen molar-refractivity contribution in [3.05, 3.63) is 48.0 Å². The predicted molar refractivity (Wildman–Crippen MR) is 117 cm³/mol. The van der Waals surface area contributed by atoms with Crippen LogP contribution in [-0.2, 0) is 4.79 Å². The standard InChI is InChI=1S/C24H27N3O3/c1-5-6-19-15(4)22(26-27-23(19)28)17-9-12-20-21(13-17)30-24(25-20)16-7-10-18(11-8-16)29-14(2)3/h7-15,19H,5-6H2,1-4H3,(H,27,28)/t15-,19-/m0/s1. The van der Waals surface area contributed by atoms with Gasteiger partial charge in [0.05, 0.1) is 11.8 Å². The average Bonchev–Trinajstić information content (AvgIpc) is 3.14. The number of nitrogens with zero attached hydrogens (tertiary/aromatic N) is 2. The van der Waals surface area contributed by atoms with Crippen LogP contribution >= 0.6 is 0 Å². The Morgan fingerprint density at radius 1 is 1.13 bits per heavy atom. The van der Waals surface area contributed by atoms with Crippen LogP contribution < -0.4 is 10.2 Å². The van der Waals surface area contributed by atoms with E-state index >= 15 is 0 Å². The van der Waals surface area contributed by atoms with Crippen LogP contribution in [0.25, 0.3) is 22.6 Å². The van der Waals surface area contributed by atoms with Crippen molar-refractivity contribution in [2.75, 3.05) is 0 Å². The number of hydrogen-bond donors (Lipinski definition) is 1. The second-order valence-electron chi connectivity index (χ2n) is 8.05. The minimum absolute atomic E-state index is 0.000947. The molecule has 0 saturated carbocycles. The van der Waals surface area contributed by atoms with E-state index in [-0.39, 0.29) is 23.8 Å². The summed E-state index contributed by atoms with van der Waals surface area (Å²) >= 11 is 0. The molecule has 0 saturated heterocycles. The summed E-state index contributed by atoms with van der Waals surface area (Å²) in [5.74, 6) is 1.37. The summed E-state index contributed by atoms with van der Waals surface area (Å²) in [6.45, 7) is 8.16. The highest BCUT2D eigenvalue weighted by Gasteiger charge is 2.32. The zero-order chi connectivity index (χ0) is 21.3. The molecule has 0 radical (unpaired) electrons. The number of hydrazone groups is 1. The summed E-state index contributed by atoms with van der Waals surface area (Å²) in [6.07, 6.45) is 1.93. The van der Waals surface area contributed by atoms with Gasteiger partial charge in [-0.25, -0.2) is 10.4 Å². The molecule has 2 heterocycles. The molecule has 156 valence electrons. The minimum Gasteiger partial charge on any atom is -0.491 e. The fourth-order valence-corrected chi connectivity index (χ4v) is 3.89. The third kappa shape index (κ3) is 3.95. The lowest BCUT2D eigenvalue weighted by molar-refractivity contribution is -0.126. The van der Waals surface area contributed by atoms with Gasteiger partial charge in [0.25, 0.3) is 0 Å². The third-order valence-corrected chi connectivity index (χ3v) is 5.42. The molecule has 2 aromatic carbocycles. The van der Waals surface area contributed by atoms with E-state index in [1.165, 1.54) is 0 Å². The van der Waals surface area contributed by atoms with E-state index in [2.05, 4.69) is 29.4 Å². The lowest BCUT2D eigenvalue weighted by Gasteiger charge is -2.27. The van der Waals surface area contributed by atoms with Crippen molar-refractivity contribution >= 4 is 22.7 Å². The van der Waals surface area contributed by atoms with Gasteiger partial charge in [-0.15, -0.1) is 0 Å². The van der Waals surface area contributed by atoms with E-state index in [0.717, 1.165) is 40.9 Å². The first-order valence-electron chi connectivity index (χ1n) is 10.5. The minimum atomic E-state index is -0.0601. The van der Waals surface area contributed by atoms with Crippen LogP contribution in [0.1, 0.15) is 46.1 Å². The Labute approximate surface area is 176 Å². The maximum atomic E-state index is 12.2. The molecule has 1 aliphatic heterocycles. The quantitative estimate of drug-likeness (QED) is 0.614. The Morgan fingerprint density at radius 2 is 1.87 bits per heavy atom. The number of oxazole rings is 1. The van der Waals surface area contributed by atoms with Gasteiger partial charge in [0, 0.05) is 23.0 Å². The normalized spacial score (nSPS) is 19.1. The molecule has 0 spiro atoms. The zero-order valence-electron chi connectivity index (χ0n) is 17.8. The number of benzene rings is 2. The highest BCUT2D eigenvalue weighted by Crippen LogP contribution is 2.30. The summed E-state index contributed by atoms with van der Waals surface area (Å²) in [7, 11) is 0. The Morgan fingerprint density at radius 3 is 2.57 bits per heavy atom. The molecule has 1 N–H and O–H groups in total. The molecule has 1 aromatic heterocycles. The summed E-state index contributed by atoms with van der Waals surface area (Å²) < 4.78 is 11.7. The monoisotopic (exact) mass is 405 g/mol. The van der Waals surface area contributed by atoms with Crippen LogP contribution in [-0.4, -0.2) is 22.7 Å². The Hall–Kier alpha value is -3.15. The van der Waals surface area contributed by atoms with Crippen LogP contribution in [0.2, 0.25) is 0 Å². The van der Waals surface area contributed by atoms with Gasteiger partial charge in [-0.3, -0.25) is 4.79 Å². The summed E-state index contributed by atoms with van der Waals surface area (Å²) in [5.41, 5.74) is 6.88. The van der Waals surface area contributed by atoms with Gasteiger partial charge in [0.15, 0.2) is 5.58 Å². The van der Waals surface area contributed by atoms with Crippen molar-refractivity contribution in [2.24, 2.45) is 16.9 Å². The Bertz CT molecular complexity index is 1080. The van der Waals surface area contributed by atoms with Crippen molar-refractivity contribution in [1.29, 1.82) is 0 Å². The van der Waals surface area contributed by atoms with Crippen molar-refractivity contribution in [2.45, 2.75) is 46.6 Å². The number of carbonyl (C=O) groups excluding carboxylic acids is 1. The van der Waals surface area contributed by atoms with Crippen molar-refractivity contribution in [3.63, 3.8) is 0 Å². The lowest BCUT2D eigenvalue weighted by atomic mass is 9.82. The second kappa shape index (κ2) is 8.30. The number of hydrogen-bond acceptors (Lipinski definition) is 5. The van der Waals surface area contributed by atoms with Crippen LogP contribution in [0.5, 0.6) is 5.75 Å². The first-order valence-corrected chi connectivity index (χ1v) is 10.5. The van der Waals surface area contributed by atoms with Gasteiger partial charge in [-0.05, 0) is 56.7 Å². The molecule has 6 nitrogen and oxygen atoms in total. The number of rotatable bonds is 6. The first-order chi connectivity index (χ1) is 14.5. The molecule has 1 amide bonds. The SMILES string of the molecule is CCC[C@@H]1C(=O)NN=C(c2ccc3nc(-c4ccc(OC(C)C)cc4)oc3c2)[C@H]1C. The molecule has 0 fully saturated rings. The molecule has 1 aliphatic rings. The van der Waals surface area contributed by atoms with Gasteiger partial charge in [-0.1, -0.05) is 26.3 Å². The third-order valence-electron chi connectivity index (χ3n) is 5.42. The molecule has 6 heteroatoms. The number of nitrogens with one attached hydrogen (secondary N) is 1. The topological polar surface area (TPSA) is 76.7 Å². The number of aromatic nitrogens is 1. The van der Waals surface area contributed by atoms with E-state index in [9.17, 15) is 4.79 Å². The van der Waals surface area contributed by atoms with Crippen LogP contribution in [0, 0.1) is 11.8 Å². The highest BCUT2D eigenvalue weighted by atomic mass is 16.5. The molecule has 0 unspecified atom stereocenters. The second-order valence-corrected chi connectivity index (χ2v) is 8.05. The van der Waals surface area contributed by atoms with Gasteiger partial charge in [-0.2, -0.15) is 5.10 Å². The van der Waals surface area contributed by atoms with Gasteiger partial charge >= 0.3 is 0 Å². The first kappa shape index (κ1) is 20.1. The molecule has 30 heavy (non-hydrogen) atoms. The Balaban J connectivity index is 1.62. The average molecular weight is 405 g/mol. The van der Waals surface area contributed by atoms with Crippen LogP contribution in [0.3, 0.4) is 0 Å². The largest absolute Gasteiger partial charge is 0.491 e. The molecular formula is C24H27N3O3. The maximum Gasteiger partial charge on any atom is 0.243 e. The lowest BCUT2D eigenvalue weighted by Crippen LogP contribution is -2.40. The number of fused-ring (bicyclic) bond motifs is 1. The van der Waals surface area contributed by atoms with Crippen LogP contribution in [0.15, 0.2) is 52.0 Å². The smallest absolute Gasteiger partial charge is 0.243 e. The van der Waals surface area contributed by atoms with Gasteiger partial charge in [0.1, 0.15) is 11.3 Å². The van der Waals surface area contributed by atoms with Gasteiger partial charge in [0.2, 0.25) is 11.8 Å². The summed E-state index contributed by atoms with van der Waals surface area (Å²) in [4.78, 5) is 16.8. The van der Waals surface area contributed by atoms with Gasteiger partial charge < -0.3 is 9.15 Å². The van der Waals surface area contributed by atoms with Crippen molar-refractivity contribution in [3.8, 4) is 17.2 Å². The summed E-state index contributed by atoms with van der Waals surface area (Å²) in [6, 6.07) is 13.6. The van der Waals surface area contributed by atoms with Crippen molar-refractivity contribution in [1.82, 2.24) is 10.4 Å². The molecule has 4 rings (SSSR count). The number of amides is 1. The van der Waals surface area contributed by atoms with Crippen molar-refractivity contribution < 1.29 is 13.9 Å². The summed E-state index contributed by atoms with van der Waals surface area (Å²) in [5, 5.41) is 4.34. The molecular weight excluding hydrogens is 378 g/mol. The van der Waals surface area contributed by atoms with Crippen LogP contribution in [0.4, 0.5) is 0 Å². The fraction of sp³-hybridized carbons (Fsp3) is 0.375.